The highest BCUT2D eigenvalue weighted by Gasteiger charge is 2.21. The molecular weight excluding hydrogens is 538 g/mol. The number of benzene rings is 2. The zero-order chi connectivity index (χ0) is 26.9. The summed E-state index contributed by atoms with van der Waals surface area (Å²) >= 11 is 0. The molecule has 0 fully saturated rings. The quantitative estimate of drug-likeness (QED) is 0.233. The Kier molecular flexibility index (Phi) is 7.37. The zero-order valence-corrected chi connectivity index (χ0v) is 21.3. The van der Waals surface area contributed by atoms with Gasteiger partial charge in [0.2, 0.25) is 27.9 Å². The standard InChI is InChI=1S/C18H21N7O8S3/c1-25(2)18-22-16(19-11-5-4-6-12(9-11)24-34(3,26)27)21-17(23-18)20-14-10-13(35(28,29)30)7-8-15(14)36(31,32)33/h4-10,24H,1-3H3,(H,28,29,30)(H,31,32,33)(H2,19,20,21,22,23). The van der Waals surface area contributed by atoms with Crippen LogP contribution in [0.2, 0.25) is 0 Å². The molecule has 0 spiro atoms. The molecule has 0 saturated heterocycles. The van der Waals surface area contributed by atoms with Gasteiger partial charge in [-0.15, -0.1) is 0 Å². The van der Waals surface area contributed by atoms with Crippen molar-refractivity contribution in [2.24, 2.45) is 0 Å². The fourth-order valence-electron chi connectivity index (χ4n) is 2.79. The molecule has 0 atom stereocenters. The Morgan fingerprint density at radius 2 is 1.39 bits per heavy atom. The van der Waals surface area contributed by atoms with Gasteiger partial charge in [-0.3, -0.25) is 13.8 Å². The molecule has 0 radical (unpaired) electrons. The number of rotatable bonds is 9. The molecule has 1 aromatic heterocycles. The van der Waals surface area contributed by atoms with Gasteiger partial charge in [0.25, 0.3) is 20.2 Å². The van der Waals surface area contributed by atoms with Crippen molar-refractivity contribution in [3.05, 3.63) is 42.5 Å². The third kappa shape index (κ3) is 7.21. The fraction of sp³-hybridized carbons (Fsp3) is 0.167. The summed E-state index contributed by atoms with van der Waals surface area (Å²) in [6.07, 6.45) is 0.998. The molecule has 3 rings (SSSR count). The first-order valence-corrected chi connectivity index (χ1v) is 14.4. The van der Waals surface area contributed by atoms with Crippen LogP contribution in [-0.2, 0) is 30.3 Å². The van der Waals surface area contributed by atoms with E-state index < -0.39 is 45.7 Å². The van der Waals surface area contributed by atoms with Crippen LogP contribution < -0.4 is 20.3 Å². The van der Waals surface area contributed by atoms with Crippen molar-refractivity contribution in [2.75, 3.05) is 40.6 Å². The van der Waals surface area contributed by atoms with E-state index in [4.69, 9.17) is 0 Å². The Labute approximate surface area is 207 Å². The number of aromatic nitrogens is 3. The molecule has 3 aromatic rings. The van der Waals surface area contributed by atoms with Gasteiger partial charge in [0.15, 0.2) is 0 Å². The van der Waals surface area contributed by atoms with E-state index in [0.717, 1.165) is 24.5 Å². The summed E-state index contributed by atoms with van der Waals surface area (Å²) < 4.78 is 90.8. The Bertz CT molecular complexity index is 1630. The largest absolute Gasteiger partial charge is 0.347 e. The van der Waals surface area contributed by atoms with Crippen LogP contribution in [0.5, 0.6) is 0 Å². The summed E-state index contributed by atoms with van der Waals surface area (Å²) in [4.78, 5) is 12.6. The highest BCUT2D eigenvalue weighted by molar-refractivity contribution is 7.92. The fourth-order valence-corrected chi connectivity index (χ4v) is 4.48. The van der Waals surface area contributed by atoms with Gasteiger partial charge in [0, 0.05) is 19.8 Å². The maximum atomic E-state index is 11.8. The lowest BCUT2D eigenvalue weighted by Crippen LogP contribution is -2.16. The lowest BCUT2D eigenvalue weighted by molar-refractivity contribution is 0.479. The first-order chi connectivity index (χ1) is 16.5. The summed E-state index contributed by atoms with van der Waals surface area (Å²) in [6.45, 7) is 0. The minimum absolute atomic E-state index is 0.0490. The zero-order valence-electron chi connectivity index (χ0n) is 18.9. The van der Waals surface area contributed by atoms with Gasteiger partial charge >= 0.3 is 0 Å². The van der Waals surface area contributed by atoms with Crippen molar-refractivity contribution in [3.63, 3.8) is 0 Å². The summed E-state index contributed by atoms with van der Waals surface area (Å²) in [7, 11) is -9.82. The molecule has 0 amide bonds. The van der Waals surface area contributed by atoms with E-state index in [-0.39, 0.29) is 23.5 Å². The van der Waals surface area contributed by atoms with Gasteiger partial charge in [0.05, 0.1) is 22.5 Å². The Balaban J connectivity index is 2.05. The van der Waals surface area contributed by atoms with Crippen LogP contribution in [0, 0.1) is 0 Å². The van der Waals surface area contributed by atoms with Gasteiger partial charge in [-0.1, -0.05) is 6.07 Å². The average Bonchev–Trinajstić information content (AvgIpc) is 2.71. The highest BCUT2D eigenvalue weighted by Crippen LogP contribution is 2.28. The van der Waals surface area contributed by atoms with Gasteiger partial charge in [-0.2, -0.15) is 31.8 Å². The Morgan fingerprint density at radius 3 is 1.94 bits per heavy atom. The molecule has 5 N–H and O–H groups in total. The van der Waals surface area contributed by atoms with E-state index in [2.05, 4.69) is 30.3 Å². The minimum atomic E-state index is -4.81. The van der Waals surface area contributed by atoms with E-state index >= 15 is 0 Å². The smallest absolute Gasteiger partial charge is 0.296 e. The van der Waals surface area contributed by atoms with Crippen molar-refractivity contribution in [1.29, 1.82) is 0 Å². The second kappa shape index (κ2) is 9.82. The number of nitrogens with zero attached hydrogens (tertiary/aromatic N) is 4. The van der Waals surface area contributed by atoms with Crippen molar-refractivity contribution < 1.29 is 34.4 Å². The van der Waals surface area contributed by atoms with E-state index in [1.807, 2.05) is 0 Å². The first-order valence-electron chi connectivity index (χ1n) is 9.65. The summed E-state index contributed by atoms with van der Waals surface area (Å²) in [5.74, 6) is -0.203. The number of hydrogen-bond acceptors (Lipinski definition) is 12. The second-order valence-corrected chi connectivity index (χ2v) is 12.1. The van der Waals surface area contributed by atoms with Gasteiger partial charge in [-0.25, -0.2) is 8.42 Å². The molecule has 0 aliphatic heterocycles. The molecular formula is C18H21N7O8S3. The molecule has 2 aromatic carbocycles. The van der Waals surface area contributed by atoms with Crippen LogP contribution in [0.1, 0.15) is 0 Å². The Morgan fingerprint density at radius 1 is 0.778 bits per heavy atom. The minimum Gasteiger partial charge on any atom is -0.347 e. The molecule has 0 saturated carbocycles. The normalized spacial score (nSPS) is 12.1. The SMILES string of the molecule is CN(C)c1nc(Nc2cccc(NS(C)(=O)=O)c2)nc(Nc2cc(S(=O)(=O)O)ccc2S(=O)(=O)O)n1. The molecule has 15 nitrogen and oxygen atoms in total. The lowest BCUT2D eigenvalue weighted by Gasteiger charge is -2.15. The number of nitrogens with one attached hydrogen (secondary N) is 3. The third-order valence-corrected chi connectivity index (χ3v) is 6.59. The van der Waals surface area contributed by atoms with Crippen molar-refractivity contribution in [2.45, 2.75) is 9.79 Å². The second-order valence-electron chi connectivity index (χ2n) is 7.49. The van der Waals surface area contributed by atoms with Crippen LogP contribution in [0.15, 0.2) is 52.3 Å². The van der Waals surface area contributed by atoms with E-state index in [1.165, 1.54) is 17.0 Å². The predicted molar refractivity (Wildman–Crippen MR) is 132 cm³/mol. The van der Waals surface area contributed by atoms with Crippen LogP contribution in [-0.4, -0.2) is 69.7 Å². The molecule has 36 heavy (non-hydrogen) atoms. The number of hydrogen-bond donors (Lipinski definition) is 5. The maximum Gasteiger partial charge on any atom is 0.296 e. The van der Waals surface area contributed by atoms with E-state index in [9.17, 15) is 34.4 Å². The van der Waals surface area contributed by atoms with E-state index in [0.29, 0.717) is 5.69 Å². The predicted octanol–water partition coefficient (Wildman–Crippen LogP) is 1.29. The van der Waals surface area contributed by atoms with Crippen molar-refractivity contribution in [3.8, 4) is 0 Å². The topological polar surface area (TPSA) is 221 Å². The molecule has 0 unspecified atom stereocenters. The number of anilines is 6. The highest BCUT2D eigenvalue weighted by atomic mass is 32.2. The van der Waals surface area contributed by atoms with E-state index in [1.54, 1.807) is 26.2 Å². The van der Waals surface area contributed by atoms with Crippen LogP contribution >= 0.6 is 0 Å². The molecule has 1 heterocycles. The van der Waals surface area contributed by atoms with Crippen molar-refractivity contribution >= 4 is 65.2 Å². The maximum absolute atomic E-state index is 11.8. The summed E-state index contributed by atoms with van der Waals surface area (Å²) in [5.41, 5.74) is 0.217. The van der Waals surface area contributed by atoms with Gasteiger partial charge in [-0.05, 0) is 36.4 Å². The molecule has 0 aliphatic carbocycles. The van der Waals surface area contributed by atoms with Gasteiger partial charge in [0.1, 0.15) is 4.90 Å². The average molecular weight is 560 g/mol. The monoisotopic (exact) mass is 559 g/mol. The molecule has 194 valence electrons. The van der Waals surface area contributed by atoms with Crippen LogP contribution in [0.3, 0.4) is 0 Å². The lowest BCUT2D eigenvalue weighted by atomic mass is 10.3. The van der Waals surface area contributed by atoms with Crippen LogP contribution in [0.4, 0.5) is 34.9 Å². The summed E-state index contributed by atoms with van der Waals surface area (Å²) in [5, 5.41) is 5.38. The Hall–Kier alpha value is -3.58. The third-order valence-electron chi connectivity index (χ3n) is 4.22. The van der Waals surface area contributed by atoms with Gasteiger partial charge < -0.3 is 15.5 Å². The van der Waals surface area contributed by atoms with Crippen molar-refractivity contribution in [1.82, 2.24) is 15.0 Å². The summed E-state index contributed by atoms with van der Waals surface area (Å²) in [6, 6.07) is 8.54. The molecule has 18 heteroatoms. The molecule has 0 aliphatic rings. The first kappa shape index (κ1) is 27.0. The number of sulfonamides is 1. The molecule has 0 bridgehead atoms. The van der Waals surface area contributed by atoms with Crippen LogP contribution in [0.25, 0.3) is 0 Å².